The third-order valence-electron chi connectivity index (χ3n) is 4.16. The first-order valence-corrected chi connectivity index (χ1v) is 8.17. The van der Waals surface area contributed by atoms with E-state index in [4.69, 9.17) is 4.74 Å². The number of benzene rings is 1. The van der Waals surface area contributed by atoms with Crippen molar-refractivity contribution in [3.8, 4) is 5.75 Å². The molecular weight excluding hydrogens is 308 g/mol. The van der Waals surface area contributed by atoms with Crippen molar-refractivity contribution >= 4 is 5.91 Å². The predicted octanol–water partition coefficient (Wildman–Crippen LogP) is 1.10. The maximum absolute atomic E-state index is 12.4. The van der Waals surface area contributed by atoms with E-state index >= 15 is 0 Å². The van der Waals surface area contributed by atoms with Crippen molar-refractivity contribution in [3.05, 3.63) is 42.7 Å². The molecule has 1 aromatic heterocycles. The van der Waals surface area contributed by atoms with Gasteiger partial charge in [0.25, 0.3) is 0 Å². The molecule has 1 saturated heterocycles. The molecule has 7 heteroatoms. The summed E-state index contributed by atoms with van der Waals surface area (Å²) in [5.74, 6) is 0.759. The lowest BCUT2D eigenvalue weighted by molar-refractivity contribution is -0.139. The van der Waals surface area contributed by atoms with E-state index in [1.54, 1.807) is 22.0 Å². The van der Waals surface area contributed by atoms with Crippen molar-refractivity contribution in [1.29, 1.82) is 0 Å². The molecule has 1 aliphatic rings. The van der Waals surface area contributed by atoms with E-state index < -0.39 is 5.60 Å². The zero-order valence-electron chi connectivity index (χ0n) is 13.5. The summed E-state index contributed by atoms with van der Waals surface area (Å²) in [6.45, 7) is 1.67. The van der Waals surface area contributed by atoms with Crippen molar-refractivity contribution in [2.24, 2.45) is 0 Å². The number of β-amino-alcohol motifs (C(OH)–C–C–N with tert-alkyl or cyclic N) is 1. The van der Waals surface area contributed by atoms with Crippen LogP contribution in [0.15, 0.2) is 42.7 Å². The average molecular weight is 330 g/mol. The summed E-state index contributed by atoms with van der Waals surface area (Å²) in [7, 11) is 0. The molecule has 2 aromatic rings. The Hall–Kier alpha value is -2.41. The molecule has 1 aliphatic heterocycles. The maximum atomic E-state index is 12.4. The Bertz CT molecular complexity index is 647. The van der Waals surface area contributed by atoms with Gasteiger partial charge in [-0.05, 0) is 25.0 Å². The topological polar surface area (TPSA) is 80.5 Å². The number of hydrogen-bond acceptors (Lipinski definition) is 5. The second-order valence-corrected chi connectivity index (χ2v) is 6.16. The molecule has 24 heavy (non-hydrogen) atoms. The van der Waals surface area contributed by atoms with Crippen molar-refractivity contribution in [2.75, 3.05) is 19.7 Å². The van der Waals surface area contributed by atoms with Gasteiger partial charge in [-0.25, -0.2) is 4.68 Å². The summed E-state index contributed by atoms with van der Waals surface area (Å²) < 4.78 is 7.18. The number of piperidine rings is 1. The van der Waals surface area contributed by atoms with Crippen molar-refractivity contribution in [2.45, 2.75) is 31.4 Å². The standard InChI is InChI=1S/C17H22N4O3/c22-16(7-12-24-15-5-2-1-3-6-15)20-10-4-8-17(23,13-20)14-21-11-9-18-19-21/h1-3,5-6,9,11,23H,4,7-8,10,12-14H2. The van der Waals surface area contributed by atoms with Gasteiger partial charge in [0.2, 0.25) is 5.91 Å². The normalized spacial score (nSPS) is 20.8. The predicted molar refractivity (Wildman–Crippen MR) is 87.3 cm³/mol. The molecule has 0 saturated carbocycles. The van der Waals surface area contributed by atoms with Crippen LogP contribution in [0.5, 0.6) is 5.75 Å². The number of carbonyl (C=O) groups is 1. The lowest BCUT2D eigenvalue weighted by Gasteiger charge is -2.39. The number of likely N-dealkylation sites (tertiary alicyclic amines) is 1. The Balaban J connectivity index is 1.49. The quantitative estimate of drug-likeness (QED) is 0.858. The Morgan fingerprint density at radius 1 is 1.33 bits per heavy atom. The monoisotopic (exact) mass is 330 g/mol. The highest BCUT2D eigenvalue weighted by molar-refractivity contribution is 5.76. The van der Waals surface area contributed by atoms with E-state index in [2.05, 4.69) is 10.3 Å². The zero-order chi connectivity index (χ0) is 16.8. The average Bonchev–Trinajstić information content (AvgIpc) is 3.08. The van der Waals surface area contributed by atoms with Gasteiger partial charge in [-0.3, -0.25) is 4.79 Å². The van der Waals surface area contributed by atoms with Crippen molar-refractivity contribution in [1.82, 2.24) is 19.9 Å². The SMILES string of the molecule is O=C(CCOc1ccccc1)N1CCCC(O)(Cn2ccnn2)C1. The summed E-state index contributed by atoms with van der Waals surface area (Å²) in [4.78, 5) is 14.1. The number of para-hydroxylation sites is 1. The van der Waals surface area contributed by atoms with Crippen molar-refractivity contribution in [3.63, 3.8) is 0 Å². The van der Waals surface area contributed by atoms with Crippen molar-refractivity contribution < 1.29 is 14.6 Å². The second kappa shape index (κ2) is 7.44. The van der Waals surface area contributed by atoms with Crippen LogP contribution in [0.2, 0.25) is 0 Å². The van der Waals surface area contributed by atoms with E-state index in [0.717, 1.165) is 12.2 Å². The summed E-state index contributed by atoms with van der Waals surface area (Å²) in [5, 5.41) is 18.4. The molecule has 0 aliphatic carbocycles. The van der Waals surface area contributed by atoms with Gasteiger partial charge in [0, 0.05) is 12.7 Å². The number of carbonyl (C=O) groups excluding carboxylic acids is 1. The van der Waals surface area contributed by atoms with E-state index in [0.29, 0.717) is 39.1 Å². The molecule has 0 spiro atoms. The minimum atomic E-state index is -0.956. The molecule has 3 rings (SSSR count). The fraction of sp³-hybridized carbons (Fsp3) is 0.471. The molecule has 128 valence electrons. The lowest BCUT2D eigenvalue weighted by atomic mass is 9.92. The molecular formula is C17H22N4O3. The summed E-state index contributed by atoms with van der Waals surface area (Å²) in [6.07, 6.45) is 5.02. The van der Waals surface area contributed by atoms with Crippen LogP contribution in [0, 0.1) is 0 Å². The van der Waals surface area contributed by atoms with Crippen LogP contribution in [0.4, 0.5) is 0 Å². The smallest absolute Gasteiger partial charge is 0.226 e. The molecule has 1 fully saturated rings. The minimum absolute atomic E-state index is 0.00245. The largest absolute Gasteiger partial charge is 0.493 e. The number of nitrogens with zero attached hydrogens (tertiary/aromatic N) is 4. The molecule has 1 aromatic carbocycles. The van der Waals surface area contributed by atoms with Crippen LogP contribution in [-0.4, -0.2) is 56.2 Å². The van der Waals surface area contributed by atoms with E-state index in [1.807, 2.05) is 30.3 Å². The van der Waals surface area contributed by atoms with Crippen LogP contribution in [0.25, 0.3) is 0 Å². The van der Waals surface area contributed by atoms with Gasteiger partial charge in [0.05, 0.1) is 32.3 Å². The maximum Gasteiger partial charge on any atom is 0.226 e. The minimum Gasteiger partial charge on any atom is -0.493 e. The fourth-order valence-corrected chi connectivity index (χ4v) is 3.00. The third-order valence-corrected chi connectivity index (χ3v) is 4.16. The first-order valence-electron chi connectivity index (χ1n) is 8.17. The van der Waals surface area contributed by atoms with Crippen LogP contribution < -0.4 is 4.74 Å². The van der Waals surface area contributed by atoms with Gasteiger partial charge in [-0.1, -0.05) is 23.4 Å². The Morgan fingerprint density at radius 2 is 2.17 bits per heavy atom. The van der Waals surface area contributed by atoms with Gasteiger partial charge in [-0.2, -0.15) is 0 Å². The Kier molecular flexibility index (Phi) is 5.10. The highest BCUT2D eigenvalue weighted by Gasteiger charge is 2.35. The van der Waals surface area contributed by atoms with E-state index in [1.165, 1.54) is 0 Å². The number of aliphatic hydroxyl groups is 1. The molecule has 2 heterocycles. The number of ether oxygens (including phenoxy) is 1. The highest BCUT2D eigenvalue weighted by Crippen LogP contribution is 2.23. The van der Waals surface area contributed by atoms with Gasteiger partial charge in [0.15, 0.2) is 0 Å². The van der Waals surface area contributed by atoms with Gasteiger partial charge < -0.3 is 14.7 Å². The molecule has 1 atom stereocenters. The molecule has 0 radical (unpaired) electrons. The number of aromatic nitrogens is 3. The molecule has 1 amide bonds. The first-order chi connectivity index (χ1) is 11.6. The van der Waals surface area contributed by atoms with Crippen LogP contribution in [0.3, 0.4) is 0 Å². The van der Waals surface area contributed by atoms with E-state index in [-0.39, 0.29) is 5.91 Å². The summed E-state index contributed by atoms with van der Waals surface area (Å²) in [5.41, 5.74) is -0.956. The lowest BCUT2D eigenvalue weighted by Crippen LogP contribution is -2.52. The Labute approximate surface area is 140 Å². The summed E-state index contributed by atoms with van der Waals surface area (Å²) in [6, 6.07) is 9.43. The number of hydrogen-bond donors (Lipinski definition) is 1. The molecule has 0 bridgehead atoms. The van der Waals surface area contributed by atoms with Gasteiger partial charge in [0.1, 0.15) is 11.4 Å². The fourth-order valence-electron chi connectivity index (χ4n) is 3.00. The highest BCUT2D eigenvalue weighted by atomic mass is 16.5. The van der Waals surface area contributed by atoms with Gasteiger partial charge >= 0.3 is 0 Å². The first kappa shape index (κ1) is 16.4. The zero-order valence-corrected chi connectivity index (χ0v) is 13.5. The van der Waals surface area contributed by atoms with Crippen LogP contribution >= 0.6 is 0 Å². The molecule has 1 N–H and O–H groups in total. The second-order valence-electron chi connectivity index (χ2n) is 6.16. The number of amides is 1. The van der Waals surface area contributed by atoms with Crippen LogP contribution in [-0.2, 0) is 11.3 Å². The number of rotatable bonds is 6. The summed E-state index contributed by atoms with van der Waals surface area (Å²) >= 11 is 0. The van der Waals surface area contributed by atoms with Crippen LogP contribution in [0.1, 0.15) is 19.3 Å². The third kappa shape index (κ3) is 4.32. The van der Waals surface area contributed by atoms with E-state index in [9.17, 15) is 9.90 Å². The van der Waals surface area contributed by atoms with Gasteiger partial charge in [-0.15, -0.1) is 5.10 Å². The molecule has 1 unspecified atom stereocenters. The molecule has 7 nitrogen and oxygen atoms in total. The Morgan fingerprint density at radius 3 is 2.92 bits per heavy atom.